The van der Waals surface area contributed by atoms with Crippen molar-refractivity contribution in [1.82, 2.24) is 15.3 Å². The SMILES string of the molecule is C=c1[nH]c(=CSCC(=O)NCCO)c(C)c(O)[nH]c(O)c1C. The zero-order valence-corrected chi connectivity index (χ0v) is 13.4. The molecule has 0 fully saturated rings. The van der Waals surface area contributed by atoms with E-state index in [9.17, 15) is 15.0 Å². The molecule has 0 radical (unpaired) electrons. The van der Waals surface area contributed by atoms with E-state index in [1.165, 1.54) is 11.8 Å². The summed E-state index contributed by atoms with van der Waals surface area (Å²) in [7, 11) is 0. The fraction of sp³-hybridized carbons (Fsp3) is 0.357. The highest BCUT2D eigenvalue weighted by Crippen LogP contribution is 2.12. The number of thioether (sulfide) groups is 1. The second-order valence-corrected chi connectivity index (χ2v) is 5.45. The lowest BCUT2D eigenvalue weighted by molar-refractivity contribution is -0.118. The minimum atomic E-state index is -0.196. The lowest BCUT2D eigenvalue weighted by Gasteiger charge is -2.03. The van der Waals surface area contributed by atoms with Gasteiger partial charge in [-0.1, -0.05) is 6.58 Å². The van der Waals surface area contributed by atoms with Crippen molar-refractivity contribution in [3.05, 3.63) is 21.8 Å². The fourth-order valence-corrected chi connectivity index (χ4v) is 2.22. The van der Waals surface area contributed by atoms with Crippen LogP contribution in [-0.2, 0) is 4.79 Å². The summed E-state index contributed by atoms with van der Waals surface area (Å²) in [5, 5.41) is 33.5. The molecule has 0 aliphatic carbocycles. The first-order chi connectivity index (χ1) is 10.4. The Kier molecular flexibility index (Phi) is 6.87. The van der Waals surface area contributed by atoms with E-state index in [4.69, 9.17) is 5.11 Å². The third kappa shape index (κ3) is 5.05. The smallest absolute Gasteiger partial charge is 0.230 e. The quantitative estimate of drug-likeness (QED) is 0.435. The summed E-state index contributed by atoms with van der Waals surface area (Å²) in [4.78, 5) is 16.9. The van der Waals surface area contributed by atoms with Gasteiger partial charge in [0, 0.05) is 23.0 Å². The number of hydrogen-bond donors (Lipinski definition) is 6. The third-order valence-electron chi connectivity index (χ3n) is 2.94. The molecule has 8 heteroatoms. The fourth-order valence-electron chi connectivity index (χ4n) is 1.49. The van der Waals surface area contributed by atoms with E-state index in [0.717, 1.165) is 0 Å². The number of carbonyl (C=O) groups excluding carboxylic acids is 1. The van der Waals surface area contributed by atoms with Gasteiger partial charge in [-0.25, -0.2) is 0 Å². The molecule has 0 aliphatic rings. The van der Waals surface area contributed by atoms with Crippen molar-refractivity contribution in [2.75, 3.05) is 18.9 Å². The van der Waals surface area contributed by atoms with E-state index >= 15 is 0 Å². The van der Waals surface area contributed by atoms with Gasteiger partial charge in [0.1, 0.15) is 0 Å². The number of aromatic amines is 2. The van der Waals surface area contributed by atoms with Gasteiger partial charge in [0.25, 0.3) is 0 Å². The molecule has 6 N–H and O–H groups in total. The minimum absolute atomic E-state index is 0.102. The molecule has 1 heterocycles. The van der Waals surface area contributed by atoms with E-state index in [1.807, 2.05) is 0 Å². The molecule has 1 amide bonds. The van der Waals surface area contributed by atoms with Gasteiger partial charge in [-0.2, -0.15) is 0 Å². The molecule has 122 valence electrons. The van der Waals surface area contributed by atoms with Gasteiger partial charge in [0.2, 0.25) is 5.91 Å². The topological polar surface area (TPSA) is 121 Å². The van der Waals surface area contributed by atoms with Crippen LogP contribution in [0.4, 0.5) is 0 Å². The summed E-state index contributed by atoms with van der Waals surface area (Å²) >= 11 is 1.23. The van der Waals surface area contributed by atoms with Gasteiger partial charge in [-0.05, 0) is 19.3 Å². The van der Waals surface area contributed by atoms with Crippen LogP contribution in [0.15, 0.2) is 0 Å². The van der Waals surface area contributed by atoms with Crippen molar-refractivity contribution in [3.8, 4) is 11.8 Å². The number of carbonyl (C=O) groups is 1. The van der Waals surface area contributed by atoms with Crippen LogP contribution in [0.5, 0.6) is 11.8 Å². The monoisotopic (exact) mass is 327 g/mol. The molecular weight excluding hydrogens is 306 g/mol. The molecule has 0 saturated carbocycles. The number of aromatic hydroxyl groups is 2. The van der Waals surface area contributed by atoms with Gasteiger partial charge >= 0.3 is 0 Å². The number of rotatable bonds is 5. The number of H-pyrrole nitrogens is 2. The van der Waals surface area contributed by atoms with Crippen molar-refractivity contribution < 1.29 is 20.1 Å². The summed E-state index contributed by atoms with van der Waals surface area (Å²) in [5.74, 6) is -0.379. The van der Waals surface area contributed by atoms with Gasteiger partial charge in [-0.3, -0.25) is 9.78 Å². The number of aliphatic hydroxyl groups excluding tert-OH is 1. The predicted octanol–water partition coefficient (Wildman–Crippen LogP) is -0.515. The van der Waals surface area contributed by atoms with Crippen molar-refractivity contribution >= 4 is 29.7 Å². The number of nitrogens with one attached hydrogen (secondary N) is 3. The molecule has 0 spiro atoms. The maximum atomic E-state index is 11.4. The molecular formula is C14H21N3O4S. The van der Waals surface area contributed by atoms with Crippen LogP contribution in [0.3, 0.4) is 0 Å². The van der Waals surface area contributed by atoms with Crippen LogP contribution in [0, 0.1) is 13.8 Å². The van der Waals surface area contributed by atoms with E-state index in [-0.39, 0.29) is 36.6 Å². The zero-order chi connectivity index (χ0) is 16.7. The van der Waals surface area contributed by atoms with Gasteiger partial charge in [0.05, 0.1) is 17.7 Å². The summed E-state index contributed by atoms with van der Waals surface area (Å²) in [6.45, 7) is 7.24. The Morgan fingerprint density at radius 3 is 2.55 bits per heavy atom. The van der Waals surface area contributed by atoms with Crippen molar-refractivity contribution in [3.63, 3.8) is 0 Å². The Morgan fingerprint density at radius 2 is 1.91 bits per heavy atom. The Morgan fingerprint density at radius 1 is 1.27 bits per heavy atom. The average Bonchev–Trinajstić information content (AvgIpc) is 2.49. The highest BCUT2D eigenvalue weighted by molar-refractivity contribution is 8.07. The molecule has 0 aromatic carbocycles. The van der Waals surface area contributed by atoms with Gasteiger partial charge in [-0.15, -0.1) is 11.8 Å². The molecule has 0 saturated heterocycles. The Balaban J connectivity index is 3.12. The van der Waals surface area contributed by atoms with E-state index in [0.29, 0.717) is 21.8 Å². The van der Waals surface area contributed by atoms with Crippen LogP contribution in [0.2, 0.25) is 0 Å². The first-order valence-electron chi connectivity index (χ1n) is 6.59. The molecule has 0 bridgehead atoms. The number of aromatic nitrogens is 2. The molecule has 1 rings (SSSR count). The summed E-state index contributed by atoms with van der Waals surface area (Å²) < 4.78 is 0. The zero-order valence-electron chi connectivity index (χ0n) is 12.6. The third-order valence-corrected chi connectivity index (χ3v) is 3.77. The van der Waals surface area contributed by atoms with Crippen molar-refractivity contribution in [2.45, 2.75) is 13.8 Å². The molecule has 22 heavy (non-hydrogen) atoms. The standard InChI is InChI=1S/C14H21N3O4S/c1-8-10(3)16-11(9(2)14(21)17-13(8)20)6-22-7-12(19)15-4-5-18/h6,16-18,20-21H,3-5,7H2,1-2H3,(H,15,19). The summed E-state index contributed by atoms with van der Waals surface area (Å²) in [6.07, 6.45) is 0. The lowest BCUT2D eigenvalue weighted by Crippen LogP contribution is -2.28. The predicted molar refractivity (Wildman–Crippen MR) is 87.4 cm³/mol. The van der Waals surface area contributed by atoms with Crippen LogP contribution in [-0.4, -0.2) is 50.1 Å². The Bertz CT molecular complexity index is 692. The number of amides is 1. The maximum Gasteiger partial charge on any atom is 0.230 e. The van der Waals surface area contributed by atoms with Crippen molar-refractivity contribution in [1.29, 1.82) is 0 Å². The molecule has 0 aliphatic heterocycles. The first-order valence-corrected chi connectivity index (χ1v) is 7.64. The molecule has 1 aromatic heterocycles. The minimum Gasteiger partial charge on any atom is -0.494 e. The average molecular weight is 327 g/mol. The van der Waals surface area contributed by atoms with E-state index < -0.39 is 0 Å². The first kappa shape index (κ1) is 18.0. The van der Waals surface area contributed by atoms with Crippen LogP contribution >= 0.6 is 11.8 Å². The molecule has 0 unspecified atom stereocenters. The second-order valence-electron chi connectivity index (χ2n) is 4.59. The highest BCUT2D eigenvalue weighted by atomic mass is 32.2. The van der Waals surface area contributed by atoms with Crippen LogP contribution in [0.1, 0.15) is 11.1 Å². The van der Waals surface area contributed by atoms with Gasteiger partial charge in [0.15, 0.2) is 11.8 Å². The number of aliphatic hydroxyl groups is 1. The van der Waals surface area contributed by atoms with Crippen LogP contribution in [0.25, 0.3) is 12.0 Å². The van der Waals surface area contributed by atoms with E-state index in [1.54, 1.807) is 19.3 Å². The lowest BCUT2D eigenvalue weighted by atomic mass is 10.3. The normalized spacial score (nSPS) is 11.3. The summed E-state index contributed by atoms with van der Waals surface area (Å²) in [5.41, 5.74) is 0.944. The van der Waals surface area contributed by atoms with Crippen molar-refractivity contribution in [2.24, 2.45) is 0 Å². The Hall–Kier alpha value is -2.06. The maximum absolute atomic E-state index is 11.4. The molecule has 1 aromatic rings. The van der Waals surface area contributed by atoms with E-state index in [2.05, 4.69) is 21.9 Å². The highest BCUT2D eigenvalue weighted by Gasteiger charge is 2.02. The van der Waals surface area contributed by atoms with Crippen LogP contribution < -0.4 is 16.0 Å². The molecule has 7 nitrogen and oxygen atoms in total. The Labute approximate surface area is 132 Å². The summed E-state index contributed by atoms with van der Waals surface area (Å²) in [6, 6.07) is 0. The number of hydrogen-bond acceptors (Lipinski definition) is 5. The largest absolute Gasteiger partial charge is 0.494 e. The van der Waals surface area contributed by atoms with Gasteiger partial charge < -0.3 is 25.6 Å². The second kappa shape index (κ2) is 8.40. The molecule has 0 atom stereocenters.